The summed E-state index contributed by atoms with van der Waals surface area (Å²) in [5.41, 5.74) is 2.24. The Morgan fingerprint density at radius 3 is 2.55 bits per heavy atom. The number of hydrogen-bond donors (Lipinski definition) is 1. The van der Waals surface area contributed by atoms with Crippen LogP contribution in [0.2, 0.25) is 0 Å². The Hall–Kier alpha value is -3.06. The van der Waals surface area contributed by atoms with Crippen LogP contribution in [0.15, 0.2) is 48.5 Å². The second kappa shape index (κ2) is 11.7. The molecule has 2 aromatic carbocycles. The molecular weight excluding hydrogens is 372 g/mol. The van der Waals surface area contributed by atoms with E-state index in [1.54, 1.807) is 31.2 Å². The third kappa shape index (κ3) is 7.46. The molecule has 7 heteroatoms. The van der Waals surface area contributed by atoms with E-state index < -0.39 is 12.2 Å². The molecule has 29 heavy (non-hydrogen) atoms. The molecule has 7 nitrogen and oxygen atoms in total. The molecule has 2 rings (SSSR count). The fourth-order valence-corrected chi connectivity index (χ4v) is 2.60. The van der Waals surface area contributed by atoms with Crippen molar-refractivity contribution in [3.05, 3.63) is 54.1 Å². The van der Waals surface area contributed by atoms with Crippen molar-refractivity contribution in [2.45, 2.75) is 27.2 Å². The fraction of sp³-hybridized carbons (Fsp3) is 0.364. The van der Waals surface area contributed by atoms with Gasteiger partial charge >= 0.3 is 12.2 Å². The van der Waals surface area contributed by atoms with Crippen molar-refractivity contribution in [2.75, 3.05) is 36.6 Å². The molecule has 0 saturated heterocycles. The standard InChI is InChI=1S/C22H28N2O5/c1-4-13-27-14-12-24(19-10-6-8-17(3)15-19)22(26)29-20-11-7-9-18(16-20)23-21(25)28-5-2/h6-11,15-16H,4-5,12-14H2,1-3H3,(H,23,25). The first kappa shape index (κ1) is 22.2. The number of nitrogens with one attached hydrogen (secondary N) is 1. The minimum Gasteiger partial charge on any atom is -0.450 e. The molecule has 0 saturated carbocycles. The molecule has 156 valence electrons. The van der Waals surface area contributed by atoms with E-state index in [2.05, 4.69) is 5.32 Å². The van der Waals surface area contributed by atoms with Crippen LogP contribution in [0.25, 0.3) is 0 Å². The highest BCUT2D eigenvalue weighted by Gasteiger charge is 2.18. The average molecular weight is 400 g/mol. The van der Waals surface area contributed by atoms with Gasteiger partial charge in [0, 0.05) is 24.0 Å². The number of aryl methyl sites for hydroxylation is 1. The number of amides is 2. The van der Waals surface area contributed by atoms with Crippen molar-refractivity contribution >= 4 is 23.6 Å². The smallest absolute Gasteiger partial charge is 0.419 e. The minimum absolute atomic E-state index is 0.270. The van der Waals surface area contributed by atoms with Gasteiger partial charge in [0.2, 0.25) is 0 Å². The van der Waals surface area contributed by atoms with Crippen LogP contribution in [0.3, 0.4) is 0 Å². The van der Waals surface area contributed by atoms with Gasteiger partial charge < -0.3 is 14.2 Å². The quantitative estimate of drug-likeness (QED) is 0.600. The number of hydrogen-bond acceptors (Lipinski definition) is 5. The van der Waals surface area contributed by atoms with E-state index in [4.69, 9.17) is 14.2 Å². The van der Waals surface area contributed by atoms with Gasteiger partial charge in [-0.3, -0.25) is 10.2 Å². The number of rotatable bonds is 9. The van der Waals surface area contributed by atoms with E-state index in [-0.39, 0.29) is 6.61 Å². The molecular formula is C22H28N2O5. The zero-order chi connectivity index (χ0) is 21.1. The maximum absolute atomic E-state index is 12.9. The maximum Gasteiger partial charge on any atom is 0.419 e. The summed E-state index contributed by atoms with van der Waals surface area (Å²) >= 11 is 0. The zero-order valence-electron chi connectivity index (χ0n) is 17.1. The van der Waals surface area contributed by atoms with Crippen LogP contribution < -0.4 is 15.0 Å². The van der Waals surface area contributed by atoms with E-state index >= 15 is 0 Å². The van der Waals surface area contributed by atoms with Gasteiger partial charge in [-0.2, -0.15) is 0 Å². The topological polar surface area (TPSA) is 77.1 Å². The zero-order valence-corrected chi connectivity index (χ0v) is 17.1. The highest BCUT2D eigenvalue weighted by Crippen LogP contribution is 2.21. The molecule has 0 aliphatic heterocycles. The van der Waals surface area contributed by atoms with Crippen LogP contribution in [-0.4, -0.2) is 38.6 Å². The Morgan fingerprint density at radius 2 is 1.83 bits per heavy atom. The van der Waals surface area contributed by atoms with Crippen LogP contribution in [0.1, 0.15) is 25.8 Å². The van der Waals surface area contributed by atoms with Crippen molar-refractivity contribution < 1.29 is 23.8 Å². The summed E-state index contributed by atoms with van der Waals surface area (Å²) in [4.78, 5) is 26.0. The number of carbonyl (C=O) groups excluding carboxylic acids is 2. The van der Waals surface area contributed by atoms with Crippen molar-refractivity contribution in [1.82, 2.24) is 0 Å². The van der Waals surface area contributed by atoms with Crippen LogP contribution in [0.4, 0.5) is 21.0 Å². The molecule has 2 amide bonds. The van der Waals surface area contributed by atoms with E-state index in [1.165, 1.54) is 4.90 Å². The first-order valence-electron chi connectivity index (χ1n) is 9.71. The largest absolute Gasteiger partial charge is 0.450 e. The lowest BCUT2D eigenvalue weighted by Crippen LogP contribution is -2.36. The lowest BCUT2D eigenvalue weighted by Gasteiger charge is -2.22. The summed E-state index contributed by atoms with van der Waals surface area (Å²) in [6.45, 7) is 7.39. The SMILES string of the molecule is CCCOCCN(C(=O)Oc1cccc(NC(=O)OCC)c1)c1cccc(C)c1. The third-order valence-electron chi connectivity index (χ3n) is 3.90. The molecule has 0 aliphatic rings. The summed E-state index contributed by atoms with van der Waals surface area (Å²) in [7, 11) is 0. The molecule has 0 radical (unpaired) electrons. The van der Waals surface area contributed by atoms with E-state index in [0.29, 0.717) is 31.2 Å². The molecule has 0 aliphatic carbocycles. The van der Waals surface area contributed by atoms with Gasteiger partial charge in [0.05, 0.1) is 19.8 Å². The number of carbonyl (C=O) groups is 2. The van der Waals surface area contributed by atoms with Gasteiger partial charge in [0.1, 0.15) is 5.75 Å². The Labute approximate surface area is 171 Å². The van der Waals surface area contributed by atoms with E-state index in [9.17, 15) is 9.59 Å². The molecule has 0 aromatic heterocycles. The molecule has 0 heterocycles. The number of anilines is 2. The summed E-state index contributed by atoms with van der Waals surface area (Å²) in [6, 6.07) is 14.2. The summed E-state index contributed by atoms with van der Waals surface area (Å²) in [5, 5.41) is 2.59. The van der Waals surface area contributed by atoms with Gasteiger partial charge in [-0.1, -0.05) is 25.1 Å². The highest BCUT2D eigenvalue weighted by molar-refractivity contribution is 5.90. The predicted octanol–water partition coefficient (Wildman–Crippen LogP) is 5.00. The number of nitrogens with zero attached hydrogens (tertiary/aromatic N) is 1. The summed E-state index contributed by atoms with van der Waals surface area (Å²) in [5.74, 6) is 0.316. The van der Waals surface area contributed by atoms with Crippen LogP contribution >= 0.6 is 0 Å². The number of ether oxygens (including phenoxy) is 3. The first-order valence-corrected chi connectivity index (χ1v) is 9.71. The Kier molecular flexibility index (Phi) is 8.98. The average Bonchev–Trinajstić information content (AvgIpc) is 2.68. The fourth-order valence-electron chi connectivity index (χ4n) is 2.60. The Morgan fingerprint density at radius 1 is 1.03 bits per heavy atom. The van der Waals surface area contributed by atoms with Crippen LogP contribution in [0, 0.1) is 6.92 Å². The first-order chi connectivity index (χ1) is 14.0. The Balaban J connectivity index is 2.11. The summed E-state index contributed by atoms with van der Waals surface area (Å²) in [6.07, 6.45) is -0.177. The highest BCUT2D eigenvalue weighted by atomic mass is 16.6. The lowest BCUT2D eigenvalue weighted by atomic mass is 10.2. The lowest BCUT2D eigenvalue weighted by molar-refractivity contribution is 0.139. The normalized spacial score (nSPS) is 10.3. The van der Waals surface area contributed by atoms with Gasteiger partial charge in [-0.25, -0.2) is 9.59 Å². The minimum atomic E-state index is -0.564. The van der Waals surface area contributed by atoms with Gasteiger partial charge in [-0.05, 0) is 50.1 Å². The summed E-state index contributed by atoms with van der Waals surface area (Å²) < 4.78 is 15.9. The maximum atomic E-state index is 12.9. The van der Waals surface area contributed by atoms with Gasteiger partial charge in [-0.15, -0.1) is 0 Å². The van der Waals surface area contributed by atoms with Gasteiger partial charge in [0.25, 0.3) is 0 Å². The molecule has 0 bridgehead atoms. The third-order valence-corrected chi connectivity index (χ3v) is 3.90. The van der Waals surface area contributed by atoms with Crippen molar-refractivity contribution in [3.63, 3.8) is 0 Å². The van der Waals surface area contributed by atoms with Crippen molar-refractivity contribution in [2.24, 2.45) is 0 Å². The second-order valence-corrected chi connectivity index (χ2v) is 6.34. The molecule has 0 unspecified atom stereocenters. The second-order valence-electron chi connectivity index (χ2n) is 6.34. The monoisotopic (exact) mass is 400 g/mol. The molecule has 1 N–H and O–H groups in total. The van der Waals surface area contributed by atoms with Crippen molar-refractivity contribution in [1.29, 1.82) is 0 Å². The number of benzene rings is 2. The molecule has 0 spiro atoms. The van der Waals surface area contributed by atoms with E-state index in [0.717, 1.165) is 17.7 Å². The molecule has 0 atom stereocenters. The van der Waals surface area contributed by atoms with Crippen molar-refractivity contribution in [3.8, 4) is 5.75 Å². The Bertz CT molecular complexity index is 809. The van der Waals surface area contributed by atoms with E-state index in [1.807, 2.05) is 38.1 Å². The predicted molar refractivity (Wildman–Crippen MR) is 113 cm³/mol. The molecule has 0 fully saturated rings. The van der Waals surface area contributed by atoms with Crippen LogP contribution in [-0.2, 0) is 9.47 Å². The molecule has 2 aromatic rings. The van der Waals surface area contributed by atoms with Gasteiger partial charge in [0.15, 0.2) is 0 Å². The van der Waals surface area contributed by atoms with Crippen LogP contribution in [0.5, 0.6) is 5.75 Å².